The highest BCUT2D eigenvalue weighted by Crippen LogP contribution is 2.23. The number of carbonyl (C=O) groups is 1. The molecule has 0 radical (unpaired) electrons. The predicted molar refractivity (Wildman–Crippen MR) is 50.9 cm³/mol. The van der Waals surface area contributed by atoms with E-state index in [9.17, 15) is 9.18 Å². The Bertz CT molecular complexity index is 426. The minimum Gasteiger partial charge on any atom is -0.505 e. The lowest BCUT2D eigenvalue weighted by molar-refractivity contribution is 0.101. The second-order valence-corrected chi connectivity index (χ2v) is 3.05. The first-order chi connectivity index (χ1) is 6.61. The van der Waals surface area contributed by atoms with Gasteiger partial charge in [-0.1, -0.05) is 15.9 Å². The molecule has 1 N–H and O–H groups in total. The minimum absolute atomic E-state index is 0.0789. The Kier molecular flexibility index (Phi) is 3.20. The zero-order valence-electron chi connectivity index (χ0n) is 6.92. The van der Waals surface area contributed by atoms with Crippen LogP contribution in [0.2, 0.25) is 0 Å². The Morgan fingerprint density at radius 2 is 2.29 bits per heavy atom. The van der Waals surface area contributed by atoms with Gasteiger partial charge in [0.25, 0.3) is 0 Å². The van der Waals surface area contributed by atoms with Gasteiger partial charge in [0.1, 0.15) is 0 Å². The smallest absolute Gasteiger partial charge is 0.177 e. The third-order valence-electron chi connectivity index (χ3n) is 1.64. The number of Topliss-reactive ketones (excluding diaryl/α,β-unsaturated/α-hetero) is 1. The molecule has 0 aliphatic rings. The lowest BCUT2D eigenvalue weighted by Gasteiger charge is -2.03. The van der Waals surface area contributed by atoms with Crippen molar-refractivity contribution < 1.29 is 14.3 Å². The topological polar surface area (TPSA) is 61.1 Å². The van der Waals surface area contributed by atoms with Crippen molar-refractivity contribution in [1.82, 2.24) is 0 Å². The molecule has 5 heteroatoms. The van der Waals surface area contributed by atoms with Gasteiger partial charge in [-0.15, -0.1) is 0 Å². The van der Waals surface area contributed by atoms with Gasteiger partial charge >= 0.3 is 0 Å². The average molecular weight is 258 g/mol. The molecule has 0 heterocycles. The first-order valence-electron chi connectivity index (χ1n) is 3.62. The highest BCUT2D eigenvalue weighted by molar-refractivity contribution is 9.09. The van der Waals surface area contributed by atoms with Crippen LogP contribution in [-0.4, -0.2) is 16.2 Å². The first-order valence-corrected chi connectivity index (χ1v) is 4.74. The number of hydrogen-bond donors (Lipinski definition) is 1. The lowest BCUT2D eigenvalue weighted by atomic mass is 10.0. The van der Waals surface area contributed by atoms with E-state index in [-0.39, 0.29) is 16.5 Å². The van der Waals surface area contributed by atoms with Crippen LogP contribution in [0.5, 0.6) is 5.75 Å². The molecule has 0 fully saturated rings. The number of phenolic OH excluding ortho intramolecular Hbond substituents is 1. The van der Waals surface area contributed by atoms with Crippen LogP contribution in [0, 0.1) is 17.1 Å². The van der Waals surface area contributed by atoms with Gasteiger partial charge in [0.05, 0.1) is 22.5 Å². The van der Waals surface area contributed by atoms with Crippen molar-refractivity contribution in [2.24, 2.45) is 0 Å². The van der Waals surface area contributed by atoms with E-state index in [1.165, 1.54) is 6.07 Å². The summed E-state index contributed by atoms with van der Waals surface area (Å²) < 4.78 is 13.2. The fourth-order valence-electron chi connectivity index (χ4n) is 0.998. The van der Waals surface area contributed by atoms with Crippen LogP contribution in [0.4, 0.5) is 4.39 Å². The van der Waals surface area contributed by atoms with Crippen LogP contribution in [0.15, 0.2) is 12.1 Å². The summed E-state index contributed by atoms with van der Waals surface area (Å²) >= 11 is 2.87. The molecule has 0 unspecified atom stereocenters. The minimum atomic E-state index is -1.05. The Labute approximate surface area is 87.9 Å². The van der Waals surface area contributed by atoms with Crippen LogP contribution < -0.4 is 0 Å². The lowest BCUT2D eigenvalue weighted by Crippen LogP contribution is -2.06. The summed E-state index contributed by atoms with van der Waals surface area (Å²) in [5.74, 6) is -2.25. The number of alkyl halides is 1. The number of hydrogen-bond acceptors (Lipinski definition) is 3. The largest absolute Gasteiger partial charge is 0.505 e. The monoisotopic (exact) mass is 257 g/mol. The number of phenols is 1. The summed E-state index contributed by atoms with van der Waals surface area (Å²) in [6, 6.07) is 3.93. The zero-order chi connectivity index (χ0) is 10.7. The molecular formula is C9H5BrFNO2. The van der Waals surface area contributed by atoms with E-state index in [2.05, 4.69) is 15.9 Å². The molecule has 0 aliphatic carbocycles. The molecule has 3 nitrogen and oxygen atoms in total. The van der Waals surface area contributed by atoms with E-state index >= 15 is 0 Å². The maximum atomic E-state index is 13.2. The third kappa shape index (κ3) is 1.75. The van der Waals surface area contributed by atoms with E-state index in [0.717, 1.165) is 6.07 Å². The van der Waals surface area contributed by atoms with Crippen LogP contribution in [0.1, 0.15) is 15.9 Å². The molecule has 0 aromatic heterocycles. The molecule has 1 rings (SSSR count). The summed E-state index contributed by atoms with van der Waals surface area (Å²) in [6.07, 6.45) is 0. The SMILES string of the molecule is N#Cc1ccc(O)c(F)c1C(=O)CBr. The molecule has 0 aliphatic heterocycles. The van der Waals surface area contributed by atoms with E-state index < -0.39 is 17.3 Å². The van der Waals surface area contributed by atoms with Gasteiger partial charge < -0.3 is 5.11 Å². The molecule has 0 atom stereocenters. The molecule has 0 bridgehead atoms. The standard InChI is InChI=1S/C9H5BrFNO2/c10-3-7(14)8-5(4-12)1-2-6(13)9(8)11/h1-2,13H,3H2. The number of nitriles is 1. The Morgan fingerprint density at radius 1 is 1.64 bits per heavy atom. The number of ketones is 1. The molecule has 72 valence electrons. The van der Waals surface area contributed by atoms with Crippen molar-refractivity contribution in [3.05, 3.63) is 29.1 Å². The molecule has 1 aromatic carbocycles. The predicted octanol–water partition coefficient (Wildman–Crippen LogP) is 1.98. The fraction of sp³-hybridized carbons (Fsp3) is 0.111. The third-order valence-corrected chi connectivity index (χ3v) is 2.15. The zero-order valence-corrected chi connectivity index (χ0v) is 8.51. The summed E-state index contributed by atoms with van der Waals surface area (Å²) in [5, 5.41) is 17.5. The van der Waals surface area contributed by atoms with Crippen molar-refractivity contribution >= 4 is 21.7 Å². The maximum absolute atomic E-state index is 13.2. The van der Waals surface area contributed by atoms with Gasteiger partial charge in [-0.3, -0.25) is 4.79 Å². The number of carbonyl (C=O) groups excluding carboxylic acids is 1. The van der Waals surface area contributed by atoms with Gasteiger partial charge in [0.15, 0.2) is 17.3 Å². The normalized spacial score (nSPS) is 9.50. The summed E-state index contributed by atoms with van der Waals surface area (Å²) in [5.41, 5.74) is -0.450. The molecule has 1 aromatic rings. The molecule has 0 amide bonds. The summed E-state index contributed by atoms with van der Waals surface area (Å²) in [7, 11) is 0. The van der Waals surface area contributed by atoms with Gasteiger partial charge in [-0.25, -0.2) is 4.39 Å². The van der Waals surface area contributed by atoms with Crippen molar-refractivity contribution in [3.63, 3.8) is 0 Å². The van der Waals surface area contributed by atoms with E-state index in [1.54, 1.807) is 6.07 Å². The number of rotatable bonds is 2. The van der Waals surface area contributed by atoms with Crippen molar-refractivity contribution in [1.29, 1.82) is 5.26 Å². The van der Waals surface area contributed by atoms with Crippen molar-refractivity contribution in [2.75, 3.05) is 5.33 Å². The fourth-order valence-corrected chi connectivity index (χ4v) is 1.28. The van der Waals surface area contributed by atoms with E-state index in [4.69, 9.17) is 10.4 Å². The Balaban J connectivity index is 3.45. The van der Waals surface area contributed by atoms with E-state index in [1.807, 2.05) is 0 Å². The first kappa shape index (κ1) is 10.7. The molecule has 14 heavy (non-hydrogen) atoms. The highest BCUT2D eigenvalue weighted by atomic mass is 79.9. The van der Waals surface area contributed by atoms with Gasteiger partial charge in [-0.05, 0) is 12.1 Å². The van der Waals surface area contributed by atoms with Crippen molar-refractivity contribution in [3.8, 4) is 11.8 Å². The highest BCUT2D eigenvalue weighted by Gasteiger charge is 2.18. The Hall–Kier alpha value is -1.41. The summed E-state index contributed by atoms with van der Waals surface area (Å²) in [6.45, 7) is 0. The summed E-state index contributed by atoms with van der Waals surface area (Å²) in [4.78, 5) is 11.2. The van der Waals surface area contributed by atoms with Crippen LogP contribution in [0.3, 0.4) is 0 Å². The quantitative estimate of drug-likeness (QED) is 0.651. The van der Waals surface area contributed by atoms with Gasteiger partial charge in [0, 0.05) is 0 Å². The van der Waals surface area contributed by atoms with Crippen LogP contribution in [0.25, 0.3) is 0 Å². The number of nitrogens with zero attached hydrogens (tertiary/aromatic N) is 1. The number of aromatic hydroxyl groups is 1. The van der Waals surface area contributed by atoms with Gasteiger partial charge in [-0.2, -0.15) is 5.26 Å². The molecule has 0 spiro atoms. The maximum Gasteiger partial charge on any atom is 0.177 e. The van der Waals surface area contributed by atoms with Crippen molar-refractivity contribution in [2.45, 2.75) is 0 Å². The number of halogens is 2. The average Bonchev–Trinajstić information content (AvgIpc) is 2.20. The molecule has 0 saturated heterocycles. The number of benzene rings is 1. The van der Waals surface area contributed by atoms with E-state index in [0.29, 0.717) is 0 Å². The Morgan fingerprint density at radius 3 is 2.79 bits per heavy atom. The second-order valence-electron chi connectivity index (χ2n) is 2.49. The van der Waals surface area contributed by atoms with Crippen LogP contribution >= 0.6 is 15.9 Å². The van der Waals surface area contributed by atoms with Crippen LogP contribution in [-0.2, 0) is 0 Å². The molecule has 0 saturated carbocycles. The van der Waals surface area contributed by atoms with Gasteiger partial charge in [0.2, 0.25) is 0 Å². The molecular weight excluding hydrogens is 253 g/mol. The second kappa shape index (κ2) is 4.20.